The van der Waals surface area contributed by atoms with Gasteiger partial charge in [-0.2, -0.15) is 0 Å². The summed E-state index contributed by atoms with van der Waals surface area (Å²) in [4.78, 5) is 169. The zero-order valence-corrected chi connectivity index (χ0v) is 55.5. The number of aliphatic hydroxyl groups is 1. The number of carbonyl (C=O) groups is 11. The first-order valence-corrected chi connectivity index (χ1v) is 30.2. The van der Waals surface area contributed by atoms with Gasteiger partial charge in [0.25, 0.3) is 0 Å². The summed E-state index contributed by atoms with van der Waals surface area (Å²) in [6, 6.07) is -13.8. The zero-order valence-electron chi connectivity index (χ0n) is 59.5. The Kier molecular flexibility index (Phi) is 28.6. The highest BCUT2D eigenvalue weighted by Gasteiger charge is 2.45. The first-order chi connectivity index (χ1) is 40.8. The van der Waals surface area contributed by atoms with Crippen LogP contribution in [0.4, 0.5) is 0 Å². The standard InChI is InChI=1S/C62H111N11O12/c1-25-27-28-40(15)52(75)51-56(79)65-43(26-2)58(81)67(18)33-48(74)68(19)44(29-34(3)4)55(78)66-49(38(11)12)61(84)69(20)45(30-35(5)6)54(77)63-41(16)53(76)64-42(17)57(80)70(21)46(31-36(7)8)59(82)71(22)47(32-37(9)10)60(83)72(23)50(39(13)14)62(85)73(51)24/h25,27,34-47,49-52,75H,26,28-33H2,1-24H3,(H,63,77)(H,64,76)(H,65,79)(H,66,78)/b27-25+/t40-,41+,42-,43+,44+,45+,46+,47+,49+,50+,51+,52-/m1/s1/i1+1D3,25+1D. The average molecular weight is 1210 g/mol. The minimum atomic E-state index is -2.79. The molecular weight excluding hydrogens is 1090 g/mol. The number of hydrogen-bond donors (Lipinski definition) is 5. The maximum absolute atomic E-state index is 15.2. The van der Waals surface area contributed by atoms with Gasteiger partial charge in [0, 0.05) is 53.4 Å². The van der Waals surface area contributed by atoms with E-state index in [1.54, 1.807) is 34.6 Å². The maximum Gasteiger partial charge on any atom is 0.246 e. The van der Waals surface area contributed by atoms with Crippen LogP contribution >= 0.6 is 0 Å². The van der Waals surface area contributed by atoms with E-state index in [4.69, 9.17) is 5.48 Å². The number of nitrogens with zero attached hydrogens (tertiary/aromatic N) is 7. The summed E-state index contributed by atoms with van der Waals surface area (Å²) < 4.78 is 31.2. The van der Waals surface area contributed by atoms with Crippen LogP contribution in [0.15, 0.2) is 12.1 Å². The molecular formula is C62H111N11O12. The van der Waals surface area contributed by atoms with Gasteiger partial charge in [0.1, 0.15) is 60.4 Å². The van der Waals surface area contributed by atoms with E-state index in [1.807, 2.05) is 55.4 Å². The minimum Gasteiger partial charge on any atom is -0.390 e. The van der Waals surface area contributed by atoms with E-state index in [1.165, 1.54) is 89.7 Å². The van der Waals surface area contributed by atoms with Gasteiger partial charge in [-0.05, 0) is 101 Å². The fourth-order valence-corrected chi connectivity index (χ4v) is 10.6. The molecule has 11 amide bonds. The van der Waals surface area contributed by atoms with Crippen molar-refractivity contribution in [3.05, 3.63) is 12.1 Å². The largest absolute Gasteiger partial charge is 0.390 e. The van der Waals surface area contributed by atoms with E-state index in [0.717, 1.165) is 20.8 Å². The second-order valence-electron chi connectivity index (χ2n) is 25.9. The first-order valence-electron chi connectivity index (χ1n) is 32.2. The molecule has 0 aromatic carbocycles. The van der Waals surface area contributed by atoms with Gasteiger partial charge in [-0.1, -0.05) is 109 Å². The number of nitrogens with one attached hydrogen (secondary N) is 4. The summed E-state index contributed by atoms with van der Waals surface area (Å²) in [7, 11) is 9.55. The van der Waals surface area contributed by atoms with Gasteiger partial charge in [-0.3, -0.25) is 52.7 Å². The Morgan fingerprint density at radius 3 is 1.38 bits per heavy atom. The van der Waals surface area contributed by atoms with Crippen LogP contribution < -0.4 is 21.3 Å². The smallest absolute Gasteiger partial charge is 0.246 e. The summed E-state index contributed by atoms with van der Waals surface area (Å²) in [6.45, 7) is 23.9. The molecule has 0 unspecified atom stereocenters. The Hall–Kier alpha value is -6.13. The van der Waals surface area contributed by atoms with Crippen molar-refractivity contribution in [2.45, 2.75) is 223 Å². The molecule has 486 valence electrons. The third-order valence-electron chi connectivity index (χ3n) is 15.9. The van der Waals surface area contributed by atoms with Crippen molar-refractivity contribution in [2.75, 3.05) is 55.9 Å². The van der Waals surface area contributed by atoms with Gasteiger partial charge in [0.05, 0.1) is 14.0 Å². The average Bonchev–Trinajstić information content (AvgIpc) is 0.957. The quantitative estimate of drug-likeness (QED) is 0.117. The lowest BCUT2D eigenvalue weighted by atomic mass is 9.91. The molecule has 0 spiro atoms. The summed E-state index contributed by atoms with van der Waals surface area (Å²) in [5.74, 6) is -11.1. The van der Waals surface area contributed by atoms with Crippen LogP contribution in [-0.2, 0) is 52.7 Å². The highest BCUT2D eigenvalue weighted by atomic mass is 16.3. The fourth-order valence-electron chi connectivity index (χ4n) is 10.6. The van der Waals surface area contributed by atoms with Gasteiger partial charge in [-0.25, -0.2) is 0 Å². The van der Waals surface area contributed by atoms with Gasteiger partial charge in [0.2, 0.25) is 65.0 Å². The normalized spacial score (nSPS) is 27.9. The summed E-state index contributed by atoms with van der Waals surface area (Å²) in [5, 5.41) is 23.0. The van der Waals surface area contributed by atoms with E-state index >= 15 is 9.59 Å². The molecule has 23 heteroatoms. The van der Waals surface area contributed by atoms with Gasteiger partial charge in [-0.15, -0.1) is 0 Å². The number of allylic oxidation sites excluding steroid dienone is 2. The third kappa shape index (κ3) is 21.7. The lowest BCUT2D eigenvalue weighted by Gasteiger charge is -2.41. The summed E-state index contributed by atoms with van der Waals surface area (Å²) in [5.41, 5.74) is 0. The molecule has 0 radical (unpaired) electrons. The number of carbonyl (C=O) groups excluding carboxylic acids is 11. The third-order valence-corrected chi connectivity index (χ3v) is 15.9. The van der Waals surface area contributed by atoms with Crippen LogP contribution in [0.2, 0.25) is 0 Å². The van der Waals surface area contributed by atoms with E-state index in [-0.39, 0.29) is 62.2 Å². The van der Waals surface area contributed by atoms with Crippen LogP contribution in [0.3, 0.4) is 0 Å². The Bertz CT molecular complexity index is 2500. The maximum atomic E-state index is 15.2. The Balaban J connectivity index is 4.39. The molecule has 23 nitrogen and oxygen atoms in total. The second kappa shape index (κ2) is 34.9. The molecule has 0 aromatic rings. The van der Waals surface area contributed by atoms with Crippen molar-refractivity contribution in [2.24, 2.45) is 41.4 Å². The van der Waals surface area contributed by atoms with Crippen LogP contribution in [0.1, 0.15) is 162 Å². The van der Waals surface area contributed by atoms with E-state index < -0.39 is 169 Å². The minimum absolute atomic E-state index is 0.0694. The topological polar surface area (TPSA) is 279 Å². The van der Waals surface area contributed by atoms with E-state index in [0.29, 0.717) is 0 Å². The highest BCUT2D eigenvalue weighted by molar-refractivity contribution is 5.99. The molecule has 5 N–H and O–H groups in total. The van der Waals surface area contributed by atoms with Crippen molar-refractivity contribution in [3.8, 4) is 0 Å². The number of amides is 11. The monoisotopic (exact) mass is 1210 g/mol. The first kappa shape index (κ1) is 69.6. The summed E-state index contributed by atoms with van der Waals surface area (Å²) >= 11 is 0. The molecule has 0 aromatic heterocycles. The highest BCUT2D eigenvalue weighted by Crippen LogP contribution is 2.26. The molecule has 1 saturated heterocycles. The summed E-state index contributed by atoms with van der Waals surface area (Å²) in [6.07, 6.45) is -0.573. The Morgan fingerprint density at radius 2 is 0.918 bits per heavy atom. The molecule has 0 aliphatic carbocycles. The SMILES string of the molecule is [2H]/[13C](=C\C[C@@H](C)[C@@H](O)[C@H]1C(=O)N[C@@H](CC)C(=O)N(C)CC(=O)N(C)[C@@H](CC(C)C)C(=O)N[C@@H](C(C)C)C(=O)N(C)[C@@H](CC(C)C)C(=O)N[C@@H](C)C(=O)N[C@H](C)C(=O)N(C)[C@@H](CC(C)C)C(=O)N(C)[C@@H](CC(C)C)C(=O)N(C)[C@@H](C(C)C)C(=O)N1C)[13C]([2H])([2H])[2H]. The molecule has 1 heterocycles. The van der Waals surface area contributed by atoms with E-state index in [9.17, 15) is 48.3 Å². The van der Waals surface area contributed by atoms with Gasteiger partial charge >= 0.3 is 0 Å². The number of hydrogen-bond acceptors (Lipinski definition) is 12. The Morgan fingerprint density at radius 1 is 0.494 bits per heavy atom. The molecule has 1 aliphatic rings. The molecule has 1 fully saturated rings. The van der Waals surface area contributed by atoms with E-state index in [2.05, 4.69) is 21.3 Å². The van der Waals surface area contributed by atoms with Gasteiger partial charge < -0.3 is 60.7 Å². The van der Waals surface area contributed by atoms with Gasteiger partial charge in [0.15, 0.2) is 0 Å². The fraction of sp³-hybridized carbons (Fsp3) is 0.790. The molecule has 0 saturated carbocycles. The predicted molar refractivity (Wildman–Crippen MR) is 328 cm³/mol. The van der Waals surface area contributed by atoms with Crippen LogP contribution in [-0.4, -0.2) is 227 Å². The molecule has 12 atom stereocenters. The van der Waals surface area contributed by atoms with Crippen molar-refractivity contribution in [1.29, 1.82) is 0 Å². The molecule has 0 bridgehead atoms. The molecule has 1 aliphatic heterocycles. The molecule has 85 heavy (non-hydrogen) atoms. The van der Waals surface area contributed by atoms with Crippen LogP contribution in [0.25, 0.3) is 0 Å². The van der Waals surface area contributed by atoms with Crippen molar-refractivity contribution in [3.63, 3.8) is 0 Å². The van der Waals surface area contributed by atoms with Crippen LogP contribution in [0, 0.1) is 41.4 Å². The zero-order chi connectivity index (χ0) is 69.3. The lowest BCUT2D eigenvalue weighted by molar-refractivity contribution is -0.157. The van der Waals surface area contributed by atoms with Crippen LogP contribution in [0.5, 0.6) is 0 Å². The second-order valence-corrected chi connectivity index (χ2v) is 25.9. The number of likely N-dealkylation sites (N-methyl/N-ethyl adjacent to an activating group) is 7. The van der Waals surface area contributed by atoms with Crippen molar-refractivity contribution >= 4 is 65.0 Å². The lowest BCUT2D eigenvalue weighted by Crippen LogP contribution is -2.63. The Labute approximate surface area is 514 Å². The van der Waals surface area contributed by atoms with Crippen molar-refractivity contribution in [1.82, 2.24) is 55.6 Å². The predicted octanol–water partition coefficient (Wildman–Crippen LogP) is 3.27. The molecule has 1 rings (SSSR count). The van der Waals surface area contributed by atoms with Crippen molar-refractivity contribution < 1.29 is 63.3 Å². The number of aliphatic hydroxyl groups excluding tert-OH is 1. The number of rotatable bonds is 15.